The van der Waals surface area contributed by atoms with Crippen molar-refractivity contribution in [2.24, 2.45) is 0 Å². The highest BCUT2D eigenvalue weighted by Gasteiger charge is 2.23. The zero-order valence-corrected chi connectivity index (χ0v) is 8.29. The normalized spacial score (nSPS) is 15.1. The van der Waals surface area contributed by atoms with Crippen molar-refractivity contribution in [3.05, 3.63) is 28.8 Å². The van der Waals surface area contributed by atoms with Crippen LogP contribution in [0.2, 0.25) is 5.02 Å². The molecule has 2 rings (SSSR count). The summed E-state index contributed by atoms with van der Waals surface area (Å²) in [6, 6.07) is 4.50. The minimum absolute atomic E-state index is 0.00806. The predicted octanol–water partition coefficient (Wildman–Crippen LogP) is 1.89. The number of hydrogen-bond acceptors (Lipinski definition) is 2. The van der Waals surface area contributed by atoms with Crippen LogP contribution >= 0.6 is 11.6 Å². The molecule has 1 aliphatic heterocycles. The number of nitrogens with zero attached hydrogens (tertiary/aromatic N) is 1. The average Bonchev–Trinajstić information content (AvgIpc) is 2.06. The summed E-state index contributed by atoms with van der Waals surface area (Å²) in [6.45, 7) is 1.54. The summed E-state index contributed by atoms with van der Waals surface area (Å²) in [4.78, 5) is 13.4. The summed E-state index contributed by atoms with van der Waals surface area (Å²) < 4.78 is 0. The van der Waals surface area contributed by atoms with Crippen LogP contribution in [-0.4, -0.2) is 29.0 Å². The molecule has 1 fully saturated rings. The second kappa shape index (κ2) is 3.50. The first-order chi connectivity index (χ1) is 6.68. The van der Waals surface area contributed by atoms with Gasteiger partial charge < -0.3 is 10.0 Å². The van der Waals surface area contributed by atoms with Gasteiger partial charge in [0.05, 0.1) is 5.56 Å². The van der Waals surface area contributed by atoms with Crippen molar-refractivity contribution in [3.63, 3.8) is 0 Å². The first-order valence-corrected chi connectivity index (χ1v) is 4.84. The van der Waals surface area contributed by atoms with Gasteiger partial charge in [-0.15, -0.1) is 0 Å². The van der Waals surface area contributed by atoms with Crippen LogP contribution in [0.25, 0.3) is 0 Å². The number of phenols is 1. The molecule has 1 amide bonds. The molecular formula is C10H10ClNO2. The Morgan fingerprint density at radius 2 is 2.14 bits per heavy atom. The van der Waals surface area contributed by atoms with Crippen molar-refractivity contribution in [2.45, 2.75) is 6.42 Å². The molecule has 1 aromatic carbocycles. The minimum Gasteiger partial charge on any atom is -0.507 e. The molecule has 0 aliphatic carbocycles. The van der Waals surface area contributed by atoms with Gasteiger partial charge in [-0.1, -0.05) is 11.6 Å². The molecule has 1 saturated heterocycles. The molecule has 0 atom stereocenters. The van der Waals surface area contributed by atoms with E-state index in [2.05, 4.69) is 0 Å². The maximum absolute atomic E-state index is 11.7. The molecule has 0 saturated carbocycles. The molecular weight excluding hydrogens is 202 g/mol. The number of halogens is 1. The third kappa shape index (κ3) is 1.55. The minimum atomic E-state index is -0.142. The van der Waals surface area contributed by atoms with Gasteiger partial charge in [-0.25, -0.2) is 0 Å². The molecule has 1 N–H and O–H groups in total. The standard InChI is InChI=1S/C10H10ClNO2/c11-7-2-3-9(13)8(6-7)10(14)12-4-1-5-12/h2-3,6,13H,1,4-5H2. The van der Waals surface area contributed by atoms with Crippen LogP contribution in [0.4, 0.5) is 0 Å². The number of amides is 1. The van der Waals surface area contributed by atoms with Gasteiger partial charge in [0.1, 0.15) is 5.75 Å². The van der Waals surface area contributed by atoms with Crippen molar-refractivity contribution >= 4 is 17.5 Å². The van der Waals surface area contributed by atoms with Crippen LogP contribution in [0, 0.1) is 0 Å². The lowest BCUT2D eigenvalue weighted by atomic mass is 10.1. The van der Waals surface area contributed by atoms with E-state index in [1.807, 2.05) is 0 Å². The molecule has 0 bridgehead atoms. The number of benzene rings is 1. The molecule has 74 valence electrons. The highest BCUT2D eigenvalue weighted by atomic mass is 35.5. The topological polar surface area (TPSA) is 40.5 Å². The zero-order chi connectivity index (χ0) is 10.1. The predicted molar refractivity (Wildman–Crippen MR) is 53.6 cm³/mol. The van der Waals surface area contributed by atoms with Crippen molar-refractivity contribution < 1.29 is 9.90 Å². The van der Waals surface area contributed by atoms with E-state index < -0.39 is 0 Å². The van der Waals surface area contributed by atoms with Gasteiger partial charge in [0, 0.05) is 18.1 Å². The first-order valence-electron chi connectivity index (χ1n) is 4.46. The molecule has 0 spiro atoms. The monoisotopic (exact) mass is 211 g/mol. The number of aromatic hydroxyl groups is 1. The van der Waals surface area contributed by atoms with E-state index in [9.17, 15) is 9.90 Å². The Morgan fingerprint density at radius 1 is 1.43 bits per heavy atom. The zero-order valence-electron chi connectivity index (χ0n) is 7.53. The Morgan fingerprint density at radius 3 is 2.71 bits per heavy atom. The fourth-order valence-corrected chi connectivity index (χ4v) is 1.54. The molecule has 0 unspecified atom stereocenters. The lowest BCUT2D eigenvalue weighted by Crippen LogP contribution is -2.42. The maximum atomic E-state index is 11.7. The molecule has 1 heterocycles. The van der Waals surface area contributed by atoms with Crippen LogP contribution in [0.15, 0.2) is 18.2 Å². The second-order valence-corrected chi connectivity index (χ2v) is 3.74. The molecule has 14 heavy (non-hydrogen) atoms. The summed E-state index contributed by atoms with van der Waals surface area (Å²) in [7, 11) is 0. The molecule has 0 radical (unpaired) electrons. The Kier molecular flexibility index (Phi) is 2.33. The number of carbonyl (C=O) groups excluding carboxylic acids is 1. The lowest BCUT2D eigenvalue weighted by Gasteiger charge is -2.31. The van der Waals surface area contributed by atoms with E-state index in [0.717, 1.165) is 19.5 Å². The van der Waals surface area contributed by atoms with Gasteiger partial charge >= 0.3 is 0 Å². The van der Waals surface area contributed by atoms with Crippen LogP contribution in [0.3, 0.4) is 0 Å². The Bertz CT molecular complexity index is 374. The quantitative estimate of drug-likeness (QED) is 0.771. The summed E-state index contributed by atoms with van der Waals surface area (Å²) in [5.74, 6) is -0.150. The molecule has 3 nitrogen and oxygen atoms in total. The van der Waals surface area contributed by atoms with Gasteiger partial charge in [0.2, 0.25) is 0 Å². The van der Waals surface area contributed by atoms with Gasteiger partial charge in [0.25, 0.3) is 5.91 Å². The highest BCUT2D eigenvalue weighted by molar-refractivity contribution is 6.31. The smallest absolute Gasteiger partial charge is 0.257 e. The van der Waals surface area contributed by atoms with Crippen LogP contribution < -0.4 is 0 Å². The Balaban J connectivity index is 2.29. The average molecular weight is 212 g/mol. The maximum Gasteiger partial charge on any atom is 0.257 e. The second-order valence-electron chi connectivity index (χ2n) is 3.31. The van der Waals surface area contributed by atoms with Crippen molar-refractivity contribution in [1.82, 2.24) is 4.90 Å². The fraction of sp³-hybridized carbons (Fsp3) is 0.300. The van der Waals surface area contributed by atoms with Crippen LogP contribution in [0.1, 0.15) is 16.8 Å². The molecule has 4 heteroatoms. The van der Waals surface area contributed by atoms with E-state index >= 15 is 0 Å². The molecule has 1 aromatic rings. The first kappa shape index (κ1) is 9.34. The number of phenolic OH excluding ortho intramolecular Hbond substituents is 1. The van der Waals surface area contributed by atoms with Gasteiger partial charge in [-0.05, 0) is 24.6 Å². The van der Waals surface area contributed by atoms with E-state index in [4.69, 9.17) is 11.6 Å². The van der Waals surface area contributed by atoms with Crippen molar-refractivity contribution in [1.29, 1.82) is 0 Å². The van der Waals surface area contributed by atoms with E-state index in [-0.39, 0.29) is 17.2 Å². The lowest BCUT2D eigenvalue weighted by molar-refractivity contribution is 0.0649. The fourth-order valence-electron chi connectivity index (χ4n) is 1.37. The molecule has 1 aliphatic rings. The highest BCUT2D eigenvalue weighted by Crippen LogP contribution is 2.24. The van der Waals surface area contributed by atoms with Crippen molar-refractivity contribution in [2.75, 3.05) is 13.1 Å². The van der Waals surface area contributed by atoms with Gasteiger partial charge in [-0.2, -0.15) is 0 Å². The number of hydrogen-bond donors (Lipinski definition) is 1. The number of rotatable bonds is 1. The van der Waals surface area contributed by atoms with Crippen LogP contribution in [-0.2, 0) is 0 Å². The number of carbonyl (C=O) groups is 1. The summed E-state index contributed by atoms with van der Waals surface area (Å²) >= 11 is 5.74. The third-order valence-corrected chi connectivity index (χ3v) is 2.57. The summed E-state index contributed by atoms with van der Waals surface area (Å²) in [5, 5.41) is 9.93. The van der Waals surface area contributed by atoms with E-state index in [1.165, 1.54) is 12.1 Å². The number of likely N-dealkylation sites (tertiary alicyclic amines) is 1. The third-order valence-electron chi connectivity index (χ3n) is 2.33. The molecule has 0 aromatic heterocycles. The Labute approximate surface area is 86.9 Å². The van der Waals surface area contributed by atoms with Crippen molar-refractivity contribution in [3.8, 4) is 5.75 Å². The van der Waals surface area contributed by atoms with Gasteiger partial charge in [-0.3, -0.25) is 4.79 Å². The summed E-state index contributed by atoms with van der Waals surface area (Å²) in [5.41, 5.74) is 0.289. The van der Waals surface area contributed by atoms with Gasteiger partial charge in [0.15, 0.2) is 0 Å². The SMILES string of the molecule is O=C(c1cc(Cl)ccc1O)N1CCC1. The Hall–Kier alpha value is -1.22. The van der Waals surface area contributed by atoms with E-state index in [0.29, 0.717) is 5.02 Å². The van der Waals surface area contributed by atoms with Crippen LogP contribution in [0.5, 0.6) is 5.75 Å². The largest absolute Gasteiger partial charge is 0.507 e. The summed E-state index contributed by atoms with van der Waals surface area (Å²) in [6.07, 6.45) is 1.03. The van der Waals surface area contributed by atoms with E-state index in [1.54, 1.807) is 11.0 Å².